The minimum atomic E-state index is -0.0438. The van der Waals surface area contributed by atoms with Crippen molar-refractivity contribution >= 4 is 17.4 Å². The molecule has 5 aromatic rings. The average molecular weight is 551 g/mol. The number of piperidine rings is 1. The molecular formula is C30H30N8O3. The molecule has 3 aromatic heterocycles. The molecule has 4 heterocycles. The molecule has 41 heavy (non-hydrogen) atoms. The van der Waals surface area contributed by atoms with E-state index in [0.717, 1.165) is 54.3 Å². The van der Waals surface area contributed by atoms with Gasteiger partial charge in [-0.3, -0.25) is 4.79 Å². The quantitative estimate of drug-likeness (QED) is 0.274. The molecular weight excluding hydrogens is 520 g/mol. The molecule has 0 unspecified atom stereocenters. The van der Waals surface area contributed by atoms with Crippen molar-refractivity contribution in [1.82, 2.24) is 35.3 Å². The number of fused-ring (bicyclic) bond motifs is 1. The second-order valence-electron chi connectivity index (χ2n) is 9.74. The van der Waals surface area contributed by atoms with Crippen molar-refractivity contribution in [1.29, 1.82) is 0 Å². The number of amides is 1. The monoisotopic (exact) mass is 550 g/mol. The predicted molar refractivity (Wildman–Crippen MR) is 154 cm³/mol. The largest absolute Gasteiger partial charge is 0.497 e. The molecule has 11 nitrogen and oxygen atoms in total. The zero-order chi connectivity index (χ0) is 28.0. The maximum absolute atomic E-state index is 12.8. The van der Waals surface area contributed by atoms with Gasteiger partial charge in [-0.2, -0.15) is 4.52 Å². The van der Waals surface area contributed by atoms with Crippen molar-refractivity contribution in [3.05, 3.63) is 78.9 Å². The molecule has 1 N–H and O–H groups in total. The summed E-state index contributed by atoms with van der Waals surface area (Å²) >= 11 is 0. The number of benzene rings is 2. The molecule has 0 saturated carbocycles. The molecule has 0 bridgehead atoms. The minimum absolute atomic E-state index is 0.0438. The third-order valence-electron chi connectivity index (χ3n) is 7.15. The van der Waals surface area contributed by atoms with E-state index < -0.39 is 0 Å². The lowest BCUT2D eigenvalue weighted by molar-refractivity contribution is -0.125. The number of hydrogen-bond donors (Lipinski definition) is 1. The summed E-state index contributed by atoms with van der Waals surface area (Å²) in [6.45, 7) is 2.20. The molecule has 2 aromatic carbocycles. The van der Waals surface area contributed by atoms with Crippen LogP contribution in [0.15, 0.2) is 78.9 Å². The van der Waals surface area contributed by atoms with Crippen LogP contribution in [0.1, 0.15) is 12.8 Å². The fourth-order valence-electron chi connectivity index (χ4n) is 4.87. The Morgan fingerprint density at radius 1 is 0.878 bits per heavy atom. The van der Waals surface area contributed by atoms with Crippen LogP contribution < -0.4 is 19.7 Å². The lowest BCUT2D eigenvalue weighted by Crippen LogP contribution is -2.41. The maximum Gasteiger partial charge on any atom is 0.231 e. The third-order valence-corrected chi connectivity index (χ3v) is 7.15. The first-order valence-corrected chi connectivity index (χ1v) is 13.6. The van der Waals surface area contributed by atoms with Crippen LogP contribution >= 0.6 is 0 Å². The highest BCUT2D eigenvalue weighted by molar-refractivity contribution is 5.79. The Balaban J connectivity index is 0.960. The summed E-state index contributed by atoms with van der Waals surface area (Å²) in [7, 11) is 1.65. The highest BCUT2D eigenvalue weighted by Crippen LogP contribution is 2.25. The van der Waals surface area contributed by atoms with Crippen LogP contribution in [0.3, 0.4) is 0 Å². The lowest BCUT2D eigenvalue weighted by atomic mass is 9.96. The molecule has 6 rings (SSSR count). The Morgan fingerprint density at radius 2 is 1.68 bits per heavy atom. The Morgan fingerprint density at radius 3 is 2.41 bits per heavy atom. The first kappa shape index (κ1) is 26.2. The summed E-state index contributed by atoms with van der Waals surface area (Å²) in [5, 5.41) is 24.8. The number of methoxy groups -OCH3 is 1. The number of anilines is 1. The number of nitrogens with zero attached hydrogens (tertiary/aromatic N) is 7. The number of rotatable bonds is 9. The highest BCUT2D eigenvalue weighted by atomic mass is 16.5. The molecule has 0 atom stereocenters. The minimum Gasteiger partial charge on any atom is -0.497 e. The van der Waals surface area contributed by atoms with Gasteiger partial charge < -0.3 is 19.7 Å². The first-order chi connectivity index (χ1) is 20.2. The molecule has 1 aliphatic rings. The van der Waals surface area contributed by atoms with Gasteiger partial charge in [0.2, 0.25) is 11.8 Å². The van der Waals surface area contributed by atoms with Gasteiger partial charge in [-0.15, -0.1) is 25.5 Å². The number of aromatic nitrogens is 6. The highest BCUT2D eigenvalue weighted by Gasteiger charge is 2.25. The Hall–Kier alpha value is -5.06. The molecule has 1 fully saturated rings. The zero-order valence-corrected chi connectivity index (χ0v) is 22.7. The van der Waals surface area contributed by atoms with E-state index in [2.05, 4.69) is 35.7 Å². The van der Waals surface area contributed by atoms with Crippen LogP contribution in [0.2, 0.25) is 0 Å². The summed E-state index contributed by atoms with van der Waals surface area (Å²) < 4.78 is 12.7. The van der Waals surface area contributed by atoms with Crippen molar-refractivity contribution in [2.75, 3.05) is 38.3 Å². The molecule has 1 aliphatic heterocycles. The average Bonchev–Trinajstić information content (AvgIpc) is 3.47. The van der Waals surface area contributed by atoms with E-state index in [-0.39, 0.29) is 11.8 Å². The molecule has 208 valence electrons. The summed E-state index contributed by atoms with van der Waals surface area (Å²) in [6, 6.07) is 25.0. The number of nitrogens with one attached hydrogen (secondary N) is 1. The van der Waals surface area contributed by atoms with Crippen LogP contribution in [-0.4, -0.2) is 69.3 Å². The number of hydrogen-bond acceptors (Lipinski definition) is 9. The van der Waals surface area contributed by atoms with Crippen molar-refractivity contribution in [3.8, 4) is 34.3 Å². The lowest BCUT2D eigenvalue weighted by Gasteiger charge is -2.31. The Labute approximate surface area is 237 Å². The van der Waals surface area contributed by atoms with Crippen molar-refractivity contribution in [2.24, 2.45) is 5.92 Å². The fraction of sp³-hybridized carbons (Fsp3) is 0.267. The Bertz CT molecular complexity index is 1600. The molecule has 1 amide bonds. The van der Waals surface area contributed by atoms with Gasteiger partial charge in [-0.1, -0.05) is 30.3 Å². The van der Waals surface area contributed by atoms with Crippen molar-refractivity contribution in [2.45, 2.75) is 12.8 Å². The van der Waals surface area contributed by atoms with E-state index in [0.29, 0.717) is 30.5 Å². The topological polar surface area (TPSA) is 120 Å². The molecule has 0 radical (unpaired) electrons. The summed E-state index contributed by atoms with van der Waals surface area (Å²) in [4.78, 5) is 15.0. The normalized spacial score (nSPS) is 13.7. The van der Waals surface area contributed by atoms with E-state index in [9.17, 15) is 4.79 Å². The number of ether oxygens (including phenoxy) is 2. The zero-order valence-electron chi connectivity index (χ0n) is 22.7. The van der Waals surface area contributed by atoms with Crippen LogP contribution in [0.5, 0.6) is 11.6 Å². The SMILES string of the molecule is COc1ccc(-c2ccc(N3CCC(C(=O)NCCOc4ccc5nnc(-c6ccccc6)n5n4)CC3)nn2)cc1. The smallest absolute Gasteiger partial charge is 0.231 e. The Kier molecular flexibility index (Phi) is 7.65. The van der Waals surface area contributed by atoms with Crippen LogP contribution in [0.4, 0.5) is 5.82 Å². The van der Waals surface area contributed by atoms with Gasteiger partial charge in [0, 0.05) is 36.2 Å². The van der Waals surface area contributed by atoms with E-state index >= 15 is 0 Å². The fourth-order valence-corrected chi connectivity index (χ4v) is 4.87. The molecule has 0 aliphatic carbocycles. The van der Waals surface area contributed by atoms with Crippen LogP contribution in [0, 0.1) is 5.92 Å². The second-order valence-corrected chi connectivity index (χ2v) is 9.74. The van der Waals surface area contributed by atoms with E-state index in [1.807, 2.05) is 72.8 Å². The van der Waals surface area contributed by atoms with Gasteiger partial charge in [-0.05, 0) is 55.3 Å². The van der Waals surface area contributed by atoms with Gasteiger partial charge >= 0.3 is 0 Å². The van der Waals surface area contributed by atoms with Gasteiger partial charge in [0.25, 0.3) is 0 Å². The number of carbonyl (C=O) groups excluding carboxylic acids is 1. The van der Waals surface area contributed by atoms with Gasteiger partial charge in [0.05, 0.1) is 19.3 Å². The maximum atomic E-state index is 12.8. The van der Waals surface area contributed by atoms with Crippen molar-refractivity contribution < 1.29 is 14.3 Å². The number of carbonyl (C=O) groups is 1. The predicted octanol–water partition coefficient (Wildman–Crippen LogP) is 3.67. The second kappa shape index (κ2) is 12.0. The third kappa shape index (κ3) is 5.93. The van der Waals surface area contributed by atoms with Crippen molar-refractivity contribution in [3.63, 3.8) is 0 Å². The summed E-state index contributed by atoms with van der Waals surface area (Å²) in [6.07, 6.45) is 1.51. The van der Waals surface area contributed by atoms with E-state index in [1.54, 1.807) is 17.7 Å². The van der Waals surface area contributed by atoms with Gasteiger partial charge in [-0.25, -0.2) is 0 Å². The van der Waals surface area contributed by atoms with Crippen LogP contribution in [0.25, 0.3) is 28.3 Å². The standard InChI is InChI=1S/C30H30N8O3/c1-40-24-9-7-21(8-10-24)25-11-12-26(33-32-25)37-18-15-23(16-19-37)30(39)31-17-20-41-28-14-13-27-34-35-29(38(27)36-28)22-5-3-2-4-6-22/h2-14,23H,15-20H2,1H3,(H,31,39). The molecule has 11 heteroatoms. The molecule has 0 spiro atoms. The van der Waals surface area contributed by atoms with Crippen LogP contribution in [-0.2, 0) is 4.79 Å². The van der Waals surface area contributed by atoms with E-state index in [4.69, 9.17) is 9.47 Å². The summed E-state index contributed by atoms with van der Waals surface area (Å²) in [5.74, 6) is 2.71. The molecule has 1 saturated heterocycles. The van der Waals surface area contributed by atoms with E-state index in [1.165, 1.54) is 0 Å². The first-order valence-electron chi connectivity index (χ1n) is 13.6. The van der Waals surface area contributed by atoms with Gasteiger partial charge in [0.15, 0.2) is 17.3 Å². The summed E-state index contributed by atoms with van der Waals surface area (Å²) in [5.41, 5.74) is 3.34. The van der Waals surface area contributed by atoms with Gasteiger partial charge in [0.1, 0.15) is 12.4 Å².